The average molecular weight is 342 g/mol. The molecular formula is C19H22N2O4. The molecule has 0 aliphatic heterocycles. The number of amides is 2. The number of ether oxygens (including phenoxy) is 2. The normalized spacial score (nSPS) is 14.6. The number of benzene rings is 2. The lowest BCUT2D eigenvalue weighted by Crippen LogP contribution is -2.38. The van der Waals surface area contributed by atoms with Gasteiger partial charge in [0.1, 0.15) is 6.61 Å². The van der Waals surface area contributed by atoms with Gasteiger partial charge in [0.15, 0.2) is 11.5 Å². The molecule has 0 radical (unpaired) electrons. The van der Waals surface area contributed by atoms with E-state index in [4.69, 9.17) is 15.2 Å². The molecule has 0 saturated heterocycles. The van der Waals surface area contributed by atoms with Crippen molar-refractivity contribution in [2.45, 2.75) is 24.9 Å². The van der Waals surface area contributed by atoms with Gasteiger partial charge in [0, 0.05) is 5.41 Å². The van der Waals surface area contributed by atoms with Crippen LogP contribution >= 0.6 is 0 Å². The topological polar surface area (TPSA) is 85.0 Å². The number of nitrogens with zero attached hydrogens (tertiary/aromatic N) is 1. The summed E-state index contributed by atoms with van der Waals surface area (Å²) in [6, 6.07) is 14.7. The minimum atomic E-state index is -0.847. The molecule has 3 N–H and O–H groups in total. The maximum absolute atomic E-state index is 11.1. The summed E-state index contributed by atoms with van der Waals surface area (Å²) in [5, 5.41) is 10.3. The highest BCUT2D eigenvalue weighted by atomic mass is 16.5. The standard InChI is InChI=1S/C19H22N2O4/c1-24-16-8-7-15(19(9-10-19)13-21(23)18(20)22)11-17(16)25-12-14-5-3-2-4-6-14/h2-8,11,23H,9-10,12-13H2,1H3,(H2,20,22). The number of primary amides is 1. The number of methoxy groups -OCH3 is 1. The van der Waals surface area contributed by atoms with Gasteiger partial charge in [-0.2, -0.15) is 0 Å². The first kappa shape index (κ1) is 17.1. The van der Waals surface area contributed by atoms with E-state index in [0.717, 1.165) is 24.0 Å². The molecule has 2 amide bonds. The van der Waals surface area contributed by atoms with Crippen LogP contribution in [0.4, 0.5) is 4.79 Å². The highest BCUT2D eigenvalue weighted by molar-refractivity contribution is 5.70. The van der Waals surface area contributed by atoms with E-state index >= 15 is 0 Å². The third-order valence-electron chi connectivity index (χ3n) is 4.57. The number of hydrogen-bond donors (Lipinski definition) is 2. The Balaban J connectivity index is 1.79. The molecule has 3 rings (SSSR count). The fourth-order valence-electron chi connectivity index (χ4n) is 2.91. The second-order valence-corrected chi connectivity index (χ2v) is 6.32. The molecule has 2 aromatic carbocycles. The van der Waals surface area contributed by atoms with Crippen LogP contribution in [0.2, 0.25) is 0 Å². The molecule has 0 aromatic heterocycles. The first-order valence-corrected chi connectivity index (χ1v) is 8.15. The zero-order valence-corrected chi connectivity index (χ0v) is 14.1. The van der Waals surface area contributed by atoms with Crippen LogP contribution in [0.25, 0.3) is 0 Å². The second-order valence-electron chi connectivity index (χ2n) is 6.32. The number of carbonyl (C=O) groups excluding carboxylic acids is 1. The molecule has 1 saturated carbocycles. The van der Waals surface area contributed by atoms with Crippen molar-refractivity contribution in [1.82, 2.24) is 5.06 Å². The SMILES string of the molecule is COc1ccc(C2(CN(O)C(N)=O)CC2)cc1OCc1ccccc1. The van der Waals surface area contributed by atoms with Crippen molar-refractivity contribution in [1.29, 1.82) is 0 Å². The summed E-state index contributed by atoms with van der Waals surface area (Å²) in [6.07, 6.45) is 1.75. The zero-order chi connectivity index (χ0) is 17.9. The Bertz CT molecular complexity index is 744. The molecule has 6 nitrogen and oxygen atoms in total. The number of nitrogens with two attached hydrogens (primary N) is 1. The summed E-state index contributed by atoms with van der Waals surface area (Å²) in [5.74, 6) is 1.28. The molecule has 0 spiro atoms. The third-order valence-corrected chi connectivity index (χ3v) is 4.57. The highest BCUT2D eigenvalue weighted by Gasteiger charge is 2.46. The smallest absolute Gasteiger partial charge is 0.338 e. The van der Waals surface area contributed by atoms with E-state index in [2.05, 4.69) is 0 Å². The zero-order valence-electron chi connectivity index (χ0n) is 14.1. The fourth-order valence-corrected chi connectivity index (χ4v) is 2.91. The van der Waals surface area contributed by atoms with E-state index in [9.17, 15) is 10.0 Å². The van der Waals surface area contributed by atoms with Crippen molar-refractivity contribution in [3.8, 4) is 11.5 Å². The van der Waals surface area contributed by atoms with Crippen LogP contribution < -0.4 is 15.2 Å². The van der Waals surface area contributed by atoms with Crippen LogP contribution in [-0.2, 0) is 12.0 Å². The largest absolute Gasteiger partial charge is 0.493 e. The molecular weight excluding hydrogens is 320 g/mol. The summed E-state index contributed by atoms with van der Waals surface area (Å²) in [5.41, 5.74) is 6.91. The van der Waals surface area contributed by atoms with Crippen LogP contribution in [0.3, 0.4) is 0 Å². The Kier molecular flexibility index (Phi) is 4.81. The Labute approximate surface area is 146 Å². The van der Waals surface area contributed by atoms with Crippen LogP contribution in [-0.4, -0.2) is 30.0 Å². The van der Waals surface area contributed by atoms with Gasteiger partial charge < -0.3 is 15.2 Å². The van der Waals surface area contributed by atoms with Gasteiger partial charge >= 0.3 is 6.03 Å². The van der Waals surface area contributed by atoms with Crippen molar-refractivity contribution in [3.63, 3.8) is 0 Å². The van der Waals surface area contributed by atoms with Gasteiger partial charge in [0.2, 0.25) is 0 Å². The van der Waals surface area contributed by atoms with E-state index in [1.807, 2.05) is 48.5 Å². The molecule has 0 bridgehead atoms. The van der Waals surface area contributed by atoms with E-state index in [1.165, 1.54) is 0 Å². The van der Waals surface area contributed by atoms with Crippen molar-refractivity contribution in [3.05, 3.63) is 59.7 Å². The second kappa shape index (κ2) is 7.03. The predicted molar refractivity (Wildman–Crippen MR) is 92.8 cm³/mol. The van der Waals surface area contributed by atoms with E-state index in [1.54, 1.807) is 7.11 Å². The molecule has 0 unspecified atom stereocenters. The van der Waals surface area contributed by atoms with Crippen molar-refractivity contribution in [2.24, 2.45) is 5.73 Å². The Morgan fingerprint density at radius 2 is 1.92 bits per heavy atom. The molecule has 0 heterocycles. The molecule has 1 aliphatic rings. The number of rotatable bonds is 7. The average Bonchev–Trinajstić information content (AvgIpc) is 3.41. The molecule has 6 heteroatoms. The molecule has 2 aromatic rings. The summed E-state index contributed by atoms with van der Waals surface area (Å²) in [7, 11) is 1.60. The maximum atomic E-state index is 11.1. The van der Waals surface area contributed by atoms with Crippen LogP contribution in [0.5, 0.6) is 11.5 Å². The summed E-state index contributed by atoms with van der Waals surface area (Å²) >= 11 is 0. The minimum absolute atomic E-state index is 0.173. The number of urea groups is 1. The highest BCUT2D eigenvalue weighted by Crippen LogP contribution is 2.50. The number of hydroxylamine groups is 2. The first-order chi connectivity index (χ1) is 12.0. The Morgan fingerprint density at radius 1 is 1.20 bits per heavy atom. The molecule has 0 atom stereocenters. The molecule has 25 heavy (non-hydrogen) atoms. The van der Waals surface area contributed by atoms with Crippen LogP contribution in [0.1, 0.15) is 24.0 Å². The molecule has 132 valence electrons. The van der Waals surface area contributed by atoms with E-state index < -0.39 is 6.03 Å². The van der Waals surface area contributed by atoms with Gasteiger partial charge in [0.05, 0.1) is 13.7 Å². The van der Waals surface area contributed by atoms with E-state index in [0.29, 0.717) is 23.2 Å². The van der Waals surface area contributed by atoms with Crippen molar-refractivity contribution < 1.29 is 19.5 Å². The summed E-state index contributed by atoms with van der Waals surface area (Å²) < 4.78 is 11.3. The molecule has 1 fully saturated rings. The van der Waals surface area contributed by atoms with Gasteiger partial charge in [-0.15, -0.1) is 0 Å². The lowest BCUT2D eigenvalue weighted by molar-refractivity contribution is -0.0463. The minimum Gasteiger partial charge on any atom is -0.493 e. The number of hydrogen-bond acceptors (Lipinski definition) is 4. The van der Waals surface area contributed by atoms with Gasteiger partial charge in [-0.1, -0.05) is 36.4 Å². The lowest BCUT2D eigenvalue weighted by Gasteiger charge is -2.22. The Hall–Kier alpha value is -2.73. The van der Waals surface area contributed by atoms with Gasteiger partial charge in [-0.05, 0) is 36.1 Å². The maximum Gasteiger partial charge on any atom is 0.338 e. The monoisotopic (exact) mass is 342 g/mol. The fraction of sp³-hybridized carbons (Fsp3) is 0.316. The van der Waals surface area contributed by atoms with E-state index in [-0.39, 0.29) is 12.0 Å². The molecule has 1 aliphatic carbocycles. The number of carbonyl (C=O) groups is 1. The van der Waals surface area contributed by atoms with Crippen LogP contribution in [0, 0.1) is 0 Å². The van der Waals surface area contributed by atoms with Crippen LogP contribution in [0.15, 0.2) is 48.5 Å². The van der Waals surface area contributed by atoms with Gasteiger partial charge in [0.25, 0.3) is 0 Å². The predicted octanol–water partition coefficient (Wildman–Crippen LogP) is 3.08. The first-order valence-electron chi connectivity index (χ1n) is 8.15. The quantitative estimate of drug-likeness (QED) is 0.598. The van der Waals surface area contributed by atoms with Crippen molar-refractivity contribution >= 4 is 6.03 Å². The summed E-state index contributed by atoms with van der Waals surface area (Å²) in [6.45, 7) is 0.605. The lowest BCUT2D eigenvalue weighted by atomic mass is 9.95. The van der Waals surface area contributed by atoms with Crippen molar-refractivity contribution in [2.75, 3.05) is 13.7 Å². The van der Waals surface area contributed by atoms with Gasteiger partial charge in [-0.25, -0.2) is 9.86 Å². The summed E-state index contributed by atoms with van der Waals surface area (Å²) in [4.78, 5) is 11.1. The van der Waals surface area contributed by atoms with Gasteiger partial charge in [-0.3, -0.25) is 5.21 Å². The third kappa shape index (κ3) is 3.85. The Morgan fingerprint density at radius 3 is 2.52 bits per heavy atom.